The number of nitrogens with one attached hydrogen (secondary N) is 1. The molecule has 0 fully saturated rings. The number of carbonyl (C=O) groups excluding carboxylic acids is 2. The van der Waals surface area contributed by atoms with Crippen molar-refractivity contribution in [3.63, 3.8) is 0 Å². The Morgan fingerprint density at radius 1 is 1.41 bits per heavy atom. The average Bonchev–Trinajstić information content (AvgIpc) is 2.51. The van der Waals surface area contributed by atoms with Crippen LogP contribution in [0.15, 0.2) is 24.3 Å². The van der Waals surface area contributed by atoms with Crippen LogP contribution in [0, 0.1) is 5.21 Å². The largest absolute Gasteiger partial charge is 0.738 e. The first-order valence-electron chi connectivity index (χ1n) is 6.44. The fourth-order valence-electron chi connectivity index (χ4n) is 1.55. The number of nitrogens with zero attached hydrogens (tertiary/aromatic N) is 1. The van der Waals surface area contributed by atoms with Crippen LogP contribution in [0.2, 0.25) is 0 Å². The van der Waals surface area contributed by atoms with E-state index in [-0.39, 0.29) is 19.0 Å². The lowest BCUT2D eigenvalue weighted by Gasteiger charge is -2.18. The smallest absolute Gasteiger partial charge is 0.329 e. The normalized spacial score (nSPS) is 12.0. The topological polar surface area (TPSA) is 111 Å². The van der Waals surface area contributed by atoms with Crippen LogP contribution in [0.5, 0.6) is 0 Å². The third-order valence-corrected chi connectivity index (χ3v) is 2.98. The van der Waals surface area contributed by atoms with Crippen LogP contribution in [-0.4, -0.2) is 40.9 Å². The fourth-order valence-corrected chi connectivity index (χ4v) is 1.79. The molecule has 1 atom stereocenters. The SMILES string of the molecule is CCOC(=O)[C@H](CS)NC(=O)c1ccc(CON([O-])O)cc1. The minimum atomic E-state index is -0.831. The summed E-state index contributed by atoms with van der Waals surface area (Å²) in [6.45, 7) is 1.75. The van der Waals surface area contributed by atoms with Gasteiger partial charge in [0.25, 0.3) is 5.91 Å². The molecule has 0 heterocycles. The zero-order valence-electron chi connectivity index (χ0n) is 11.9. The summed E-state index contributed by atoms with van der Waals surface area (Å²) in [6, 6.07) is 5.28. The van der Waals surface area contributed by atoms with Crippen LogP contribution in [-0.2, 0) is 21.0 Å². The third-order valence-electron chi connectivity index (χ3n) is 2.62. The zero-order valence-corrected chi connectivity index (χ0v) is 12.8. The number of amides is 1. The quantitative estimate of drug-likeness (QED) is 0.369. The second-order valence-corrected chi connectivity index (χ2v) is 4.53. The minimum absolute atomic E-state index is 0.117. The van der Waals surface area contributed by atoms with E-state index in [1.54, 1.807) is 19.1 Å². The van der Waals surface area contributed by atoms with Crippen molar-refractivity contribution >= 4 is 24.5 Å². The molecule has 0 bridgehead atoms. The van der Waals surface area contributed by atoms with Gasteiger partial charge in [-0.2, -0.15) is 12.6 Å². The van der Waals surface area contributed by atoms with Gasteiger partial charge >= 0.3 is 5.97 Å². The van der Waals surface area contributed by atoms with Gasteiger partial charge in [-0.05, 0) is 24.6 Å². The molecule has 1 rings (SSSR count). The van der Waals surface area contributed by atoms with Gasteiger partial charge in [0.1, 0.15) is 6.04 Å². The summed E-state index contributed by atoms with van der Waals surface area (Å²) in [4.78, 5) is 27.9. The molecule has 0 aliphatic carbocycles. The Kier molecular flexibility index (Phi) is 7.85. The van der Waals surface area contributed by atoms with Gasteiger partial charge in [-0.25, -0.2) is 4.79 Å². The molecule has 8 nitrogen and oxygen atoms in total. The van der Waals surface area contributed by atoms with Crippen molar-refractivity contribution in [2.45, 2.75) is 19.6 Å². The Labute approximate surface area is 132 Å². The van der Waals surface area contributed by atoms with E-state index in [2.05, 4.69) is 22.8 Å². The van der Waals surface area contributed by atoms with Gasteiger partial charge in [-0.1, -0.05) is 12.1 Å². The molecule has 1 aromatic carbocycles. The number of esters is 1. The highest BCUT2D eigenvalue weighted by atomic mass is 32.1. The molecular weight excluding hydrogens is 312 g/mol. The standard InChI is InChI=1S/C13H17N2O6S/c1-2-20-13(17)11(8-22)14-12(16)10-5-3-9(4-6-10)7-21-15(18)19/h3-6,11,18,22H,2,7-8H2,1H3,(H,14,16)/q-1/t11-/m0/s1. The Bertz CT molecular complexity index is 494. The maximum Gasteiger partial charge on any atom is 0.329 e. The van der Waals surface area contributed by atoms with Gasteiger partial charge in [-0.3, -0.25) is 9.63 Å². The Morgan fingerprint density at radius 2 is 2.05 bits per heavy atom. The van der Waals surface area contributed by atoms with E-state index >= 15 is 0 Å². The summed E-state index contributed by atoms with van der Waals surface area (Å²) in [5, 5.41) is 20.4. The van der Waals surface area contributed by atoms with Crippen LogP contribution in [0.4, 0.5) is 0 Å². The summed E-state index contributed by atoms with van der Waals surface area (Å²) in [6.07, 6.45) is 0. The van der Waals surface area contributed by atoms with Crippen molar-refractivity contribution in [3.8, 4) is 0 Å². The predicted octanol–water partition coefficient (Wildman–Crippen LogP) is 0.899. The van der Waals surface area contributed by atoms with Crippen LogP contribution >= 0.6 is 12.6 Å². The Balaban J connectivity index is 2.63. The summed E-state index contributed by atoms with van der Waals surface area (Å²) >= 11 is 4.01. The zero-order chi connectivity index (χ0) is 16.5. The van der Waals surface area contributed by atoms with Gasteiger partial charge in [-0.15, -0.1) is 5.39 Å². The molecule has 9 heteroatoms. The van der Waals surface area contributed by atoms with Gasteiger partial charge < -0.3 is 20.5 Å². The molecule has 0 aliphatic heterocycles. The number of carbonyl (C=O) groups is 2. The summed E-state index contributed by atoms with van der Waals surface area (Å²) in [7, 11) is 0. The van der Waals surface area contributed by atoms with Crippen LogP contribution in [0.25, 0.3) is 0 Å². The number of rotatable bonds is 8. The number of hydrogen-bond acceptors (Lipinski definition) is 8. The summed E-state index contributed by atoms with van der Waals surface area (Å²) in [5.74, 6) is -0.881. The molecule has 2 N–H and O–H groups in total. The predicted molar refractivity (Wildman–Crippen MR) is 80.0 cm³/mol. The highest BCUT2D eigenvalue weighted by molar-refractivity contribution is 7.80. The second kappa shape index (κ2) is 9.38. The highest BCUT2D eigenvalue weighted by Gasteiger charge is 2.20. The van der Waals surface area contributed by atoms with Crippen LogP contribution in [0.1, 0.15) is 22.8 Å². The maximum absolute atomic E-state index is 12.0. The molecule has 0 radical (unpaired) electrons. The lowest BCUT2D eigenvalue weighted by atomic mass is 10.1. The van der Waals surface area contributed by atoms with Crippen molar-refractivity contribution in [2.24, 2.45) is 0 Å². The molecule has 0 aliphatic rings. The lowest BCUT2D eigenvalue weighted by molar-refractivity contribution is -0.312. The molecular formula is C13H17N2O6S-. The van der Waals surface area contributed by atoms with E-state index in [0.717, 1.165) is 0 Å². The van der Waals surface area contributed by atoms with Crippen molar-refractivity contribution in [1.29, 1.82) is 0 Å². The van der Waals surface area contributed by atoms with Gasteiger partial charge in [0.15, 0.2) is 0 Å². The number of ether oxygens (including phenoxy) is 1. The molecule has 1 amide bonds. The third kappa shape index (κ3) is 6.00. The highest BCUT2D eigenvalue weighted by Crippen LogP contribution is 2.07. The molecule has 1 aromatic rings. The number of thiol groups is 1. The van der Waals surface area contributed by atoms with Gasteiger partial charge in [0, 0.05) is 11.3 Å². The molecule has 0 aromatic heterocycles. The van der Waals surface area contributed by atoms with E-state index in [9.17, 15) is 14.8 Å². The van der Waals surface area contributed by atoms with E-state index in [1.165, 1.54) is 12.1 Å². The molecule has 0 saturated carbocycles. The van der Waals surface area contributed by atoms with Crippen LogP contribution < -0.4 is 5.32 Å². The fraction of sp³-hybridized carbons (Fsp3) is 0.385. The van der Waals surface area contributed by atoms with Crippen molar-refractivity contribution in [2.75, 3.05) is 12.4 Å². The average molecular weight is 329 g/mol. The second-order valence-electron chi connectivity index (χ2n) is 4.17. The van der Waals surface area contributed by atoms with Gasteiger partial charge in [0.05, 0.1) is 13.2 Å². The summed E-state index contributed by atoms with van der Waals surface area (Å²) in [5.41, 5.74) is 0.908. The number of hydrogen-bond donors (Lipinski definition) is 3. The monoisotopic (exact) mass is 329 g/mol. The van der Waals surface area contributed by atoms with E-state index in [1.807, 2.05) is 0 Å². The maximum atomic E-state index is 12.0. The first-order valence-corrected chi connectivity index (χ1v) is 7.07. The summed E-state index contributed by atoms with van der Waals surface area (Å²) < 4.78 is 4.83. The molecule has 0 spiro atoms. The molecule has 0 unspecified atom stereocenters. The minimum Gasteiger partial charge on any atom is -0.738 e. The van der Waals surface area contributed by atoms with E-state index in [0.29, 0.717) is 11.1 Å². The Morgan fingerprint density at radius 3 is 2.55 bits per heavy atom. The Hall–Kier alpha value is -1.65. The van der Waals surface area contributed by atoms with E-state index < -0.39 is 23.3 Å². The first-order chi connectivity index (χ1) is 10.5. The van der Waals surface area contributed by atoms with E-state index in [4.69, 9.17) is 9.94 Å². The van der Waals surface area contributed by atoms with Crippen LogP contribution in [0.3, 0.4) is 0 Å². The van der Waals surface area contributed by atoms with Gasteiger partial charge in [0.2, 0.25) is 0 Å². The van der Waals surface area contributed by atoms with Crippen molar-refractivity contribution in [1.82, 2.24) is 10.7 Å². The number of benzene rings is 1. The van der Waals surface area contributed by atoms with Crippen molar-refractivity contribution in [3.05, 3.63) is 40.6 Å². The van der Waals surface area contributed by atoms with Crippen molar-refractivity contribution < 1.29 is 24.4 Å². The molecule has 122 valence electrons. The lowest BCUT2D eigenvalue weighted by Crippen LogP contribution is -2.43. The molecule has 22 heavy (non-hydrogen) atoms. The molecule has 0 saturated heterocycles. The first kappa shape index (κ1) is 18.4.